The minimum Gasteiger partial charge on any atom is -0.456 e. The second-order valence-electron chi connectivity index (χ2n) is 16.4. The van der Waals surface area contributed by atoms with Gasteiger partial charge >= 0.3 is 0 Å². The molecule has 5 heterocycles. The van der Waals surface area contributed by atoms with E-state index in [4.69, 9.17) is 19.4 Å². The van der Waals surface area contributed by atoms with Crippen molar-refractivity contribution in [2.45, 2.75) is 0 Å². The van der Waals surface area contributed by atoms with E-state index in [-0.39, 0.29) is 0 Å². The SMILES string of the molecule is c1ccc(-c2cccc3oc4cc(-c5nc(-n6c7ccccc7c7ccccc76)nc(-n6c7ccccc7c7ccc8c9ccccc9n(-c9ccccc9)c8c76)n5)ccc4c23)cc1. The summed E-state index contributed by atoms with van der Waals surface area (Å²) in [7, 11) is 0. The van der Waals surface area contributed by atoms with Crippen molar-refractivity contribution in [3.63, 3.8) is 0 Å². The van der Waals surface area contributed by atoms with Gasteiger partial charge in [-0.2, -0.15) is 15.0 Å². The summed E-state index contributed by atoms with van der Waals surface area (Å²) in [6.07, 6.45) is 0. The molecule has 0 amide bonds. The van der Waals surface area contributed by atoms with Crippen LogP contribution in [-0.4, -0.2) is 28.7 Å². The molecule has 0 unspecified atom stereocenters. The zero-order valence-corrected chi connectivity index (χ0v) is 34.2. The first-order valence-electron chi connectivity index (χ1n) is 21.5. The van der Waals surface area contributed by atoms with E-state index in [1.807, 2.05) is 12.1 Å². The minimum absolute atomic E-state index is 0.515. The molecule has 0 aliphatic carbocycles. The number of hydrogen-bond acceptors (Lipinski definition) is 4. The molecule has 14 aromatic rings. The number of para-hydroxylation sites is 5. The highest BCUT2D eigenvalue weighted by Gasteiger charge is 2.25. The summed E-state index contributed by atoms with van der Waals surface area (Å²) >= 11 is 0. The lowest BCUT2D eigenvalue weighted by Crippen LogP contribution is -2.10. The molecule has 0 fully saturated rings. The Labute approximate surface area is 365 Å². The molecule has 0 atom stereocenters. The molecule has 14 rings (SSSR count). The fraction of sp³-hybridized carbons (Fsp3) is 0. The second-order valence-corrected chi connectivity index (χ2v) is 16.4. The number of nitrogens with zero attached hydrogens (tertiary/aromatic N) is 6. The maximum Gasteiger partial charge on any atom is 0.240 e. The van der Waals surface area contributed by atoms with Crippen LogP contribution in [0.15, 0.2) is 211 Å². The van der Waals surface area contributed by atoms with E-state index in [0.29, 0.717) is 17.7 Å². The van der Waals surface area contributed by atoms with E-state index in [0.717, 1.165) is 104 Å². The Bertz CT molecular complexity index is 4140. The summed E-state index contributed by atoms with van der Waals surface area (Å²) in [5.41, 5.74) is 12.0. The number of furan rings is 1. The number of rotatable bonds is 5. The Morgan fingerprint density at radius 2 is 0.828 bits per heavy atom. The lowest BCUT2D eigenvalue weighted by Gasteiger charge is -2.14. The van der Waals surface area contributed by atoms with Gasteiger partial charge in [0.2, 0.25) is 11.9 Å². The van der Waals surface area contributed by atoms with Gasteiger partial charge in [0.15, 0.2) is 5.82 Å². The maximum atomic E-state index is 6.66. The van der Waals surface area contributed by atoms with Gasteiger partial charge in [-0.1, -0.05) is 152 Å². The lowest BCUT2D eigenvalue weighted by atomic mass is 9.99. The molecule has 0 saturated heterocycles. The van der Waals surface area contributed by atoms with Crippen LogP contribution in [0.1, 0.15) is 0 Å². The van der Waals surface area contributed by atoms with E-state index in [9.17, 15) is 0 Å². The molecule has 0 saturated carbocycles. The lowest BCUT2D eigenvalue weighted by molar-refractivity contribution is 0.669. The number of aromatic nitrogens is 6. The van der Waals surface area contributed by atoms with Gasteiger partial charge < -0.3 is 8.98 Å². The predicted molar refractivity (Wildman–Crippen MR) is 261 cm³/mol. The van der Waals surface area contributed by atoms with Crippen LogP contribution in [0.25, 0.3) is 127 Å². The highest BCUT2D eigenvalue weighted by atomic mass is 16.3. The quantitative estimate of drug-likeness (QED) is 0.173. The summed E-state index contributed by atoms with van der Waals surface area (Å²) in [6.45, 7) is 0. The summed E-state index contributed by atoms with van der Waals surface area (Å²) in [6, 6.07) is 72.4. The molecule has 7 nitrogen and oxygen atoms in total. The molecule has 9 aromatic carbocycles. The van der Waals surface area contributed by atoms with Gasteiger partial charge in [0, 0.05) is 54.3 Å². The van der Waals surface area contributed by atoms with Gasteiger partial charge in [-0.05, 0) is 65.7 Å². The van der Waals surface area contributed by atoms with Gasteiger partial charge in [0.25, 0.3) is 0 Å². The molecule has 64 heavy (non-hydrogen) atoms. The number of fused-ring (bicyclic) bond motifs is 13. The molecular weight excluding hydrogens is 785 g/mol. The zero-order chi connectivity index (χ0) is 41.9. The monoisotopic (exact) mass is 818 g/mol. The van der Waals surface area contributed by atoms with Gasteiger partial charge in [-0.3, -0.25) is 9.13 Å². The van der Waals surface area contributed by atoms with Crippen LogP contribution in [0.2, 0.25) is 0 Å². The highest BCUT2D eigenvalue weighted by molar-refractivity contribution is 6.24. The third kappa shape index (κ3) is 4.94. The van der Waals surface area contributed by atoms with Gasteiger partial charge in [-0.15, -0.1) is 0 Å². The van der Waals surface area contributed by atoms with Crippen molar-refractivity contribution >= 4 is 87.4 Å². The summed E-state index contributed by atoms with van der Waals surface area (Å²) in [4.78, 5) is 16.4. The average Bonchev–Trinajstić information content (AvgIpc) is 4.10. The topological polar surface area (TPSA) is 66.6 Å². The largest absolute Gasteiger partial charge is 0.456 e. The summed E-state index contributed by atoms with van der Waals surface area (Å²) in [5, 5.41) is 8.93. The minimum atomic E-state index is 0.515. The van der Waals surface area contributed by atoms with E-state index < -0.39 is 0 Å². The normalized spacial score (nSPS) is 12.1. The first-order chi connectivity index (χ1) is 31.8. The standard InChI is InChI=1S/C57H34N6O/c1-3-16-35(17-4-1)38-24-15-29-50-52(38)45-31-30-36(34-51(45)64-50)55-58-56(62-47-26-12-7-20-39(47)40-21-8-13-27-48(40)62)60-57(59-55)63-49-28-14-10-23-42(49)44-33-32-43-41-22-9-11-25-46(41)61(53(43)54(44)63)37-18-5-2-6-19-37/h1-34H. The zero-order valence-electron chi connectivity index (χ0n) is 34.2. The number of hydrogen-bond donors (Lipinski definition) is 0. The first kappa shape index (κ1) is 34.9. The fourth-order valence-corrected chi connectivity index (χ4v) is 10.2. The fourth-order valence-electron chi connectivity index (χ4n) is 10.2. The predicted octanol–water partition coefficient (Wildman–Crippen LogP) is 14.4. The average molecular weight is 819 g/mol. The Morgan fingerprint density at radius 3 is 1.47 bits per heavy atom. The van der Waals surface area contributed by atoms with Crippen molar-refractivity contribution < 1.29 is 4.42 Å². The first-order valence-corrected chi connectivity index (χ1v) is 21.5. The van der Waals surface area contributed by atoms with Crippen LogP contribution in [0.5, 0.6) is 0 Å². The molecule has 5 aromatic heterocycles. The van der Waals surface area contributed by atoms with Crippen molar-refractivity contribution in [3.05, 3.63) is 206 Å². The van der Waals surface area contributed by atoms with Gasteiger partial charge in [-0.25, -0.2) is 0 Å². The van der Waals surface area contributed by atoms with Crippen LogP contribution in [0.4, 0.5) is 0 Å². The van der Waals surface area contributed by atoms with Crippen molar-refractivity contribution in [1.82, 2.24) is 28.7 Å². The van der Waals surface area contributed by atoms with E-state index in [2.05, 4.69) is 208 Å². The molecule has 0 spiro atoms. The van der Waals surface area contributed by atoms with Crippen LogP contribution in [-0.2, 0) is 0 Å². The van der Waals surface area contributed by atoms with Crippen LogP contribution in [0, 0.1) is 0 Å². The van der Waals surface area contributed by atoms with E-state index in [1.165, 1.54) is 5.39 Å². The Morgan fingerprint density at radius 1 is 0.328 bits per heavy atom. The van der Waals surface area contributed by atoms with Gasteiger partial charge in [0.1, 0.15) is 11.2 Å². The molecule has 7 heteroatoms. The smallest absolute Gasteiger partial charge is 0.240 e. The summed E-state index contributed by atoms with van der Waals surface area (Å²) in [5.74, 6) is 1.57. The molecule has 0 N–H and O–H groups in total. The van der Waals surface area contributed by atoms with Crippen LogP contribution < -0.4 is 0 Å². The second kappa shape index (κ2) is 13.3. The Kier molecular flexibility index (Phi) is 7.27. The number of benzene rings is 9. The molecule has 298 valence electrons. The third-order valence-electron chi connectivity index (χ3n) is 12.9. The molecule has 0 aliphatic rings. The Balaban J connectivity index is 1.10. The Hall–Kier alpha value is -8.81. The third-order valence-corrected chi connectivity index (χ3v) is 12.9. The molecule has 0 aliphatic heterocycles. The van der Waals surface area contributed by atoms with Crippen molar-refractivity contribution in [1.29, 1.82) is 0 Å². The van der Waals surface area contributed by atoms with Crippen molar-refractivity contribution in [3.8, 4) is 40.1 Å². The van der Waals surface area contributed by atoms with E-state index in [1.54, 1.807) is 0 Å². The maximum absolute atomic E-state index is 6.66. The van der Waals surface area contributed by atoms with Gasteiger partial charge in [0.05, 0.1) is 33.1 Å². The van der Waals surface area contributed by atoms with Crippen molar-refractivity contribution in [2.75, 3.05) is 0 Å². The summed E-state index contributed by atoms with van der Waals surface area (Å²) < 4.78 is 13.5. The molecule has 0 radical (unpaired) electrons. The molecule has 0 bridgehead atoms. The highest BCUT2D eigenvalue weighted by Crippen LogP contribution is 2.43. The van der Waals surface area contributed by atoms with Crippen LogP contribution in [0.3, 0.4) is 0 Å². The van der Waals surface area contributed by atoms with Crippen LogP contribution >= 0.6 is 0 Å². The molecular formula is C57H34N6O. The van der Waals surface area contributed by atoms with Crippen molar-refractivity contribution in [2.24, 2.45) is 0 Å². The van der Waals surface area contributed by atoms with E-state index >= 15 is 0 Å².